The monoisotopic (exact) mass is 318 g/mol. The zero-order valence-electron chi connectivity index (χ0n) is 15.1. The summed E-state index contributed by atoms with van der Waals surface area (Å²) < 4.78 is 5.38. The summed E-state index contributed by atoms with van der Waals surface area (Å²) in [5, 5.41) is 3.03. The van der Waals surface area contributed by atoms with Crippen LogP contribution in [0, 0.1) is 12.8 Å². The molecule has 1 aliphatic rings. The molecule has 128 valence electrons. The maximum atomic E-state index is 12.0. The lowest BCUT2D eigenvalue weighted by Crippen LogP contribution is -2.50. The van der Waals surface area contributed by atoms with Crippen LogP contribution in [0.2, 0.25) is 0 Å². The maximum Gasteiger partial charge on any atom is 0.407 e. The minimum absolute atomic E-state index is 0.151. The van der Waals surface area contributed by atoms with E-state index < -0.39 is 5.60 Å². The standard InChI is InChI=1S/C19H30N2O2/c1-14-10-17(20-18(22)23-19(3,4)5)13-21(11-14)12-16-9-7-6-8-15(16)2/h6-9,14,17H,10-13H2,1-5H3,(H,20,22). The third kappa shape index (κ3) is 5.87. The van der Waals surface area contributed by atoms with E-state index in [1.165, 1.54) is 11.1 Å². The topological polar surface area (TPSA) is 41.6 Å². The lowest BCUT2D eigenvalue weighted by molar-refractivity contribution is 0.0450. The predicted molar refractivity (Wildman–Crippen MR) is 93.4 cm³/mol. The Labute approximate surface area is 140 Å². The highest BCUT2D eigenvalue weighted by Crippen LogP contribution is 2.20. The molecule has 4 heteroatoms. The molecular formula is C19H30N2O2. The van der Waals surface area contributed by atoms with E-state index in [-0.39, 0.29) is 12.1 Å². The van der Waals surface area contributed by atoms with E-state index in [4.69, 9.17) is 4.74 Å². The van der Waals surface area contributed by atoms with Crippen LogP contribution in [0.15, 0.2) is 24.3 Å². The minimum Gasteiger partial charge on any atom is -0.444 e. The van der Waals surface area contributed by atoms with E-state index in [1.807, 2.05) is 20.8 Å². The Kier molecular flexibility index (Phi) is 5.69. The zero-order valence-corrected chi connectivity index (χ0v) is 15.1. The molecule has 0 aliphatic carbocycles. The van der Waals surface area contributed by atoms with Crippen molar-refractivity contribution in [1.82, 2.24) is 10.2 Å². The lowest BCUT2D eigenvalue weighted by Gasteiger charge is -2.37. The number of carbonyl (C=O) groups is 1. The first-order chi connectivity index (χ1) is 10.7. The minimum atomic E-state index is -0.453. The molecule has 2 unspecified atom stereocenters. The first kappa shape index (κ1) is 17.8. The van der Waals surface area contributed by atoms with Crippen LogP contribution >= 0.6 is 0 Å². The number of ether oxygens (including phenoxy) is 1. The number of nitrogens with one attached hydrogen (secondary N) is 1. The number of hydrogen-bond donors (Lipinski definition) is 1. The number of aryl methyl sites for hydroxylation is 1. The van der Waals surface area contributed by atoms with Crippen LogP contribution in [0.5, 0.6) is 0 Å². The van der Waals surface area contributed by atoms with E-state index in [9.17, 15) is 4.79 Å². The SMILES string of the molecule is Cc1ccccc1CN1CC(C)CC(NC(=O)OC(C)(C)C)C1. The smallest absolute Gasteiger partial charge is 0.407 e. The summed E-state index contributed by atoms with van der Waals surface area (Å²) in [5.74, 6) is 0.563. The summed E-state index contributed by atoms with van der Waals surface area (Å²) in [6.45, 7) is 12.9. The number of rotatable bonds is 3. The molecule has 0 bridgehead atoms. The molecule has 1 fully saturated rings. The summed E-state index contributed by atoms with van der Waals surface area (Å²) in [6.07, 6.45) is 0.691. The van der Waals surface area contributed by atoms with Crippen molar-refractivity contribution in [2.45, 2.75) is 59.2 Å². The van der Waals surface area contributed by atoms with Gasteiger partial charge in [0.1, 0.15) is 5.60 Å². The van der Waals surface area contributed by atoms with Gasteiger partial charge in [-0.2, -0.15) is 0 Å². The van der Waals surface area contributed by atoms with Crippen LogP contribution in [0.3, 0.4) is 0 Å². The fourth-order valence-electron chi connectivity index (χ4n) is 3.20. The summed E-state index contributed by atoms with van der Waals surface area (Å²) in [7, 11) is 0. The first-order valence-corrected chi connectivity index (χ1v) is 8.49. The maximum absolute atomic E-state index is 12.0. The van der Waals surface area contributed by atoms with Crippen LogP contribution in [-0.4, -0.2) is 35.7 Å². The Balaban J connectivity index is 1.94. The molecular weight excluding hydrogens is 288 g/mol. The van der Waals surface area contributed by atoms with Gasteiger partial charge < -0.3 is 10.1 Å². The number of hydrogen-bond acceptors (Lipinski definition) is 3. The van der Waals surface area contributed by atoms with Gasteiger partial charge in [-0.05, 0) is 51.2 Å². The molecule has 0 radical (unpaired) electrons. The second kappa shape index (κ2) is 7.35. The highest BCUT2D eigenvalue weighted by atomic mass is 16.6. The lowest BCUT2D eigenvalue weighted by atomic mass is 9.95. The summed E-state index contributed by atoms with van der Waals surface area (Å²) in [4.78, 5) is 14.4. The Morgan fingerprint density at radius 3 is 2.65 bits per heavy atom. The van der Waals surface area contributed by atoms with Crippen molar-refractivity contribution < 1.29 is 9.53 Å². The van der Waals surface area contributed by atoms with Crippen molar-refractivity contribution >= 4 is 6.09 Å². The molecule has 1 N–H and O–H groups in total. The van der Waals surface area contributed by atoms with Gasteiger partial charge in [-0.1, -0.05) is 31.2 Å². The summed E-state index contributed by atoms with van der Waals surface area (Å²) >= 11 is 0. The number of likely N-dealkylation sites (tertiary alicyclic amines) is 1. The number of alkyl carbamates (subject to hydrolysis) is 1. The number of amides is 1. The summed E-state index contributed by atoms with van der Waals surface area (Å²) in [5.41, 5.74) is 2.23. The van der Waals surface area contributed by atoms with E-state index in [0.29, 0.717) is 5.92 Å². The second-order valence-corrected chi connectivity index (χ2v) is 7.80. The molecule has 23 heavy (non-hydrogen) atoms. The normalized spacial score (nSPS) is 22.7. The quantitative estimate of drug-likeness (QED) is 0.923. The number of benzene rings is 1. The zero-order chi connectivity index (χ0) is 17.0. The van der Waals surface area contributed by atoms with Gasteiger partial charge in [0.05, 0.1) is 0 Å². The van der Waals surface area contributed by atoms with Gasteiger partial charge in [0, 0.05) is 25.7 Å². The molecule has 1 aliphatic heterocycles. The van der Waals surface area contributed by atoms with Gasteiger partial charge in [0.2, 0.25) is 0 Å². The Morgan fingerprint density at radius 2 is 2.00 bits per heavy atom. The molecule has 2 rings (SSSR count). The average Bonchev–Trinajstić information content (AvgIpc) is 2.38. The van der Waals surface area contributed by atoms with Crippen LogP contribution in [0.4, 0.5) is 4.79 Å². The highest BCUT2D eigenvalue weighted by molar-refractivity contribution is 5.68. The molecule has 0 aromatic heterocycles. The van der Waals surface area contributed by atoms with Crippen LogP contribution in [0.1, 0.15) is 45.2 Å². The van der Waals surface area contributed by atoms with Crippen molar-refractivity contribution in [1.29, 1.82) is 0 Å². The number of piperidine rings is 1. The molecule has 1 amide bonds. The van der Waals surface area contributed by atoms with Gasteiger partial charge in [0.15, 0.2) is 0 Å². The first-order valence-electron chi connectivity index (χ1n) is 8.49. The Hall–Kier alpha value is -1.55. The molecule has 4 nitrogen and oxygen atoms in total. The van der Waals surface area contributed by atoms with Gasteiger partial charge >= 0.3 is 6.09 Å². The van der Waals surface area contributed by atoms with Crippen molar-refractivity contribution in [2.75, 3.05) is 13.1 Å². The van der Waals surface area contributed by atoms with E-state index in [1.54, 1.807) is 0 Å². The van der Waals surface area contributed by atoms with Crippen LogP contribution in [0.25, 0.3) is 0 Å². The highest BCUT2D eigenvalue weighted by Gasteiger charge is 2.27. The number of carbonyl (C=O) groups excluding carboxylic acids is 1. The summed E-state index contributed by atoms with van der Waals surface area (Å²) in [6, 6.07) is 8.65. The fraction of sp³-hybridized carbons (Fsp3) is 0.632. The predicted octanol–water partition coefficient (Wildman–Crippen LogP) is 3.73. The van der Waals surface area contributed by atoms with Crippen LogP contribution in [-0.2, 0) is 11.3 Å². The molecule has 2 atom stereocenters. The van der Waals surface area contributed by atoms with Crippen molar-refractivity contribution in [3.8, 4) is 0 Å². The number of nitrogens with zero attached hydrogens (tertiary/aromatic N) is 1. The van der Waals surface area contributed by atoms with Gasteiger partial charge in [-0.15, -0.1) is 0 Å². The van der Waals surface area contributed by atoms with E-state index >= 15 is 0 Å². The third-order valence-corrected chi connectivity index (χ3v) is 4.11. The van der Waals surface area contributed by atoms with E-state index in [0.717, 1.165) is 26.1 Å². The molecule has 0 saturated carbocycles. The fourth-order valence-corrected chi connectivity index (χ4v) is 3.20. The second-order valence-electron chi connectivity index (χ2n) is 7.80. The molecule has 1 heterocycles. The molecule has 0 spiro atoms. The van der Waals surface area contributed by atoms with Gasteiger partial charge in [-0.3, -0.25) is 4.90 Å². The molecule has 1 aromatic carbocycles. The Morgan fingerprint density at radius 1 is 1.30 bits per heavy atom. The van der Waals surface area contributed by atoms with Gasteiger partial charge in [0.25, 0.3) is 0 Å². The van der Waals surface area contributed by atoms with Crippen molar-refractivity contribution in [3.05, 3.63) is 35.4 Å². The largest absolute Gasteiger partial charge is 0.444 e. The molecule has 1 saturated heterocycles. The van der Waals surface area contributed by atoms with Crippen molar-refractivity contribution in [3.63, 3.8) is 0 Å². The third-order valence-electron chi connectivity index (χ3n) is 4.11. The molecule has 1 aromatic rings. The van der Waals surface area contributed by atoms with Crippen LogP contribution < -0.4 is 5.32 Å². The average molecular weight is 318 g/mol. The Bertz CT molecular complexity index is 536. The van der Waals surface area contributed by atoms with Crippen molar-refractivity contribution in [2.24, 2.45) is 5.92 Å². The van der Waals surface area contributed by atoms with E-state index in [2.05, 4.69) is 48.3 Å². The van der Waals surface area contributed by atoms with Gasteiger partial charge in [-0.25, -0.2) is 4.79 Å².